The molecule has 2 aliphatic rings. The van der Waals surface area contributed by atoms with Crippen LogP contribution >= 0.6 is 0 Å². The average Bonchev–Trinajstić information content (AvgIpc) is 2.93. The second-order valence-electron chi connectivity index (χ2n) is 7.78. The molecular weight excluding hydrogens is 310 g/mol. The van der Waals surface area contributed by atoms with E-state index in [2.05, 4.69) is 5.16 Å². The van der Waals surface area contributed by atoms with E-state index in [-0.39, 0.29) is 11.5 Å². The summed E-state index contributed by atoms with van der Waals surface area (Å²) in [5.41, 5.74) is 6.34. The summed E-state index contributed by atoms with van der Waals surface area (Å²) in [6.07, 6.45) is 0.659. The lowest BCUT2D eigenvalue weighted by molar-refractivity contribution is 0.0206. The second kappa shape index (κ2) is 6.04. The highest BCUT2D eigenvalue weighted by Gasteiger charge is 2.67. The molecule has 2 heterocycles. The van der Waals surface area contributed by atoms with Gasteiger partial charge in [0.15, 0.2) is 5.76 Å². The number of fused-ring (bicyclic) bond motifs is 1. The van der Waals surface area contributed by atoms with E-state index in [9.17, 15) is 4.79 Å². The van der Waals surface area contributed by atoms with Gasteiger partial charge >= 0.3 is 6.09 Å². The predicted octanol–water partition coefficient (Wildman–Crippen LogP) is 1.90. The molecule has 0 spiro atoms. The van der Waals surface area contributed by atoms with E-state index in [1.807, 2.05) is 26.8 Å². The fourth-order valence-corrected chi connectivity index (χ4v) is 4.00. The van der Waals surface area contributed by atoms with Crippen molar-refractivity contribution in [3.05, 3.63) is 17.5 Å². The van der Waals surface area contributed by atoms with E-state index in [0.29, 0.717) is 43.8 Å². The van der Waals surface area contributed by atoms with Crippen molar-refractivity contribution in [2.24, 2.45) is 17.6 Å². The van der Waals surface area contributed by atoms with Gasteiger partial charge < -0.3 is 24.6 Å². The summed E-state index contributed by atoms with van der Waals surface area (Å²) < 4.78 is 15.9. The van der Waals surface area contributed by atoms with E-state index < -0.39 is 5.60 Å². The van der Waals surface area contributed by atoms with Gasteiger partial charge in [0.1, 0.15) is 12.2 Å². The highest BCUT2D eigenvalue weighted by molar-refractivity contribution is 5.68. The monoisotopic (exact) mass is 337 g/mol. The Morgan fingerprint density at radius 2 is 2.25 bits per heavy atom. The minimum Gasteiger partial charge on any atom is -0.444 e. The number of ether oxygens (including phenoxy) is 2. The molecule has 3 atom stereocenters. The molecule has 7 heteroatoms. The third-order valence-corrected chi connectivity index (χ3v) is 5.14. The number of nitrogens with two attached hydrogens (primary N) is 1. The summed E-state index contributed by atoms with van der Waals surface area (Å²) in [4.78, 5) is 14.1. The van der Waals surface area contributed by atoms with Crippen LogP contribution in [0.4, 0.5) is 4.79 Å². The largest absolute Gasteiger partial charge is 0.444 e. The van der Waals surface area contributed by atoms with Crippen molar-refractivity contribution >= 4 is 6.09 Å². The van der Waals surface area contributed by atoms with Crippen LogP contribution in [0, 0.1) is 11.8 Å². The number of methoxy groups -OCH3 is 1. The van der Waals surface area contributed by atoms with Gasteiger partial charge in [-0.2, -0.15) is 0 Å². The molecule has 2 fully saturated rings. The first kappa shape index (κ1) is 17.2. The van der Waals surface area contributed by atoms with Crippen LogP contribution in [0.3, 0.4) is 0 Å². The first-order valence-electron chi connectivity index (χ1n) is 8.45. The van der Waals surface area contributed by atoms with Crippen molar-refractivity contribution in [2.45, 2.75) is 44.8 Å². The first-order chi connectivity index (χ1) is 11.3. The third kappa shape index (κ3) is 2.91. The molecule has 1 aromatic heterocycles. The Balaban J connectivity index is 1.72. The maximum Gasteiger partial charge on any atom is 0.410 e. The number of piperidine rings is 1. The van der Waals surface area contributed by atoms with Crippen molar-refractivity contribution in [2.75, 3.05) is 26.7 Å². The smallest absolute Gasteiger partial charge is 0.410 e. The van der Waals surface area contributed by atoms with Gasteiger partial charge in [-0.3, -0.25) is 0 Å². The SMILES string of the molecule is COCc1cc(C2(CN)C3CCN(C(=O)OC(C)(C)C)CC32)no1. The van der Waals surface area contributed by atoms with Crippen LogP contribution in [0.25, 0.3) is 0 Å². The molecule has 0 aromatic carbocycles. The molecule has 1 saturated heterocycles. The Kier molecular flexibility index (Phi) is 4.34. The van der Waals surface area contributed by atoms with E-state index in [0.717, 1.165) is 12.1 Å². The van der Waals surface area contributed by atoms with E-state index in [1.54, 1.807) is 12.0 Å². The molecule has 1 amide bonds. The number of aromatic nitrogens is 1. The number of hydrogen-bond acceptors (Lipinski definition) is 6. The van der Waals surface area contributed by atoms with Gasteiger partial charge in [-0.05, 0) is 39.0 Å². The van der Waals surface area contributed by atoms with Crippen LogP contribution in [0.1, 0.15) is 38.6 Å². The van der Waals surface area contributed by atoms with Crippen molar-refractivity contribution in [1.29, 1.82) is 0 Å². The number of carbonyl (C=O) groups is 1. The fourth-order valence-electron chi connectivity index (χ4n) is 4.00. The number of hydrogen-bond donors (Lipinski definition) is 1. The standard InChI is InChI=1S/C17H27N3O4/c1-16(2,3)23-15(21)20-6-5-12-13(8-20)17(12,10-18)14-7-11(9-22-4)24-19-14/h7,12-13H,5-6,8-10,18H2,1-4H3. The van der Waals surface area contributed by atoms with Gasteiger partial charge in [0.05, 0.1) is 5.69 Å². The second-order valence-corrected chi connectivity index (χ2v) is 7.78. The molecule has 0 radical (unpaired) electrons. The molecule has 1 aliphatic carbocycles. The lowest BCUT2D eigenvalue weighted by Crippen LogP contribution is -2.40. The fraction of sp³-hybridized carbons (Fsp3) is 0.765. The average molecular weight is 337 g/mol. The van der Waals surface area contributed by atoms with Crippen molar-refractivity contribution in [3.8, 4) is 0 Å². The quantitative estimate of drug-likeness (QED) is 0.902. The van der Waals surface area contributed by atoms with Gasteiger partial charge in [0.25, 0.3) is 0 Å². The lowest BCUT2D eigenvalue weighted by atomic mass is 9.96. The normalized spacial score (nSPS) is 29.3. The Hall–Kier alpha value is -1.60. The molecule has 24 heavy (non-hydrogen) atoms. The van der Waals surface area contributed by atoms with Gasteiger partial charge in [-0.15, -0.1) is 0 Å². The highest BCUT2D eigenvalue weighted by atomic mass is 16.6. The summed E-state index contributed by atoms with van der Waals surface area (Å²) in [6, 6.07) is 1.94. The van der Waals surface area contributed by atoms with E-state index >= 15 is 0 Å². The molecule has 1 saturated carbocycles. The first-order valence-corrected chi connectivity index (χ1v) is 8.45. The minimum absolute atomic E-state index is 0.188. The molecule has 1 aliphatic heterocycles. The molecule has 3 rings (SSSR count). The zero-order chi connectivity index (χ0) is 17.5. The van der Waals surface area contributed by atoms with Crippen LogP contribution in [0.2, 0.25) is 0 Å². The van der Waals surface area contributed by atoms with Crippen LogP contribution in [0.5, 0.6) is 0 Å². The predicted molar refractivity (Wildman–Crippen MR) is 87.4 cm³/mol. The molecule has 3 unspecified atom stereocenters. The van der Waals surface area contributed by atoms with Crippen LogP contribution in [-0.2, 0) is 21.5 Å². The summed E-state index contributed by atoms with van der Waals surface area (Å²) in [5.74, 6) is 1.46. The zero-order valence-electron chi connectivity index (χ0n) is 14.9. The molecule has 1 aromatic rings. The maximum atomic E-state index is 12.3. The van der Waals surface area contributed by atoms with Crippen molar-refractivity contribution < 1.29 is 18.8 Å². The Bertz CT molecular complexity index is 609. The topological polar surface area (TPSA) is 90.8 Å². The number of nitrogens with zero attached hydrogens (tertiary/aromatic N) is 2. The van der Waals surface area contributed by atoms with Crippen LogP contribution in [0.15, 0.2) is 10.6 Å². The summed E-state index contributed by atoms with van der Waals surface area (Å²) >= 11 is 0. The van der Waals surface area contributed by atoms with Crippen molar-refractivity contribution in [1.82, 2.24) is 10.1 Å². The van der Waals surface area contributed by atoms with Gasteiger partial charge in [-0.25, -0.2) is 4.79 Å². The summed E-state index contributed by atoms with van der Waals surface area (Å²) in [7, 11) is 1.62. The Morgan fingerprint density at radius 3 is 2.88 bits per heavy atom. The number of amides is 1. The van der Waals surface area contributed by atoms with Gasteiger partial charge in [0.2, 0.25) is 0 Å². The van der Waals surface area contributed by atoms with E-state index in [4.69, 9.17) is 19.7 Å². The molecule has 0 bridgehead atoms. The molecule has 134 valence electrons. The minimum atomic E-state index is -0.483. The Labute approximate surface area is 142 Å². The van der Waals surface area contributed by atoms with E-state index in [1.165, 1.54) is 0 Å². The molecular formula is C17H27N3O4. The number of rotatable bonds is 4. The Morgan fingerprint density at radius 1 is 1.50 bits per heavy atom. The number of carbonyl (C=O) groups excluding carboxylic acids is 1. The maximum absolute atomic E-state index is 12.3. The number of likely N-dealkylation sites (tertiary alicyclic amines) is 1. The summed E-state index contributed by atoms with van der Waals surface area (Å²) in [6.45, 7) is 7.89. The highest BCUT2D eigenvalue weighted by Crippen LogP contribution is 2.62. The van der Waals surface area contributed by atoms with Gasteiger partial charge in [0, 0.05) is 38.2 Å². The lowest BCUT2D eigenvalue weighted by Gasteiger charge is -2.29. The molecule has 2 N–H and O–H groups in total. The zero-order valence-corrected chi connectivity index (χ0v) is 14.9. The van der Waals surface area contributed by atoms with Gasteiger partial charge in [-0.1, -0.05) is 5.16 Å². The summed E-state index contributed by atoms with van der Waals surface area (Å²) in [5, 5.41) is 4.22. The van der Waals surface area contributed by atoms with Crippen LogP contribution in [-0.4, -0.2) is 48.5 Å². The van der Waals surface area contributed by atoms with Crippen LogP contribution < -0.4 is 5.73 Å². The van der Waals surface area contributed by atoms with Crippen molar-refractivity contribution in [3.63, 3.8) is 0 Å². The molecule has 7 nitrogen and oxygen atoms in total. The third-order valence-electron chi connectivity index (χ3n) is 5.14.